The molecule has 0 saturated carbocycles. The van der Waals surface area contributed by atoms with Crippen molar-refractivity contribution in [1.82, 2.24) is 4.40 Å². The van der Waals surface area contributed by atoms with Crippen molar-refractivity contribution in [3.8, 4) is 0 Å². The fourth-order valence-electron chi connectivity index (χ4n) is 2.96. The molecule has 1 amide bonds. The molecule has 0 bridgehead atoms. The van der Waals surface area contributed by atoms with Gasteiger partial charge in [0.05, 0.1) is 22.1 Å². The van der Waals surface area contributed by atoms with E-state index in [1.54, 1.807) is 0 Å². The van der Waals surface area contributed by atoms with Crippen LogP contribution < -0.4 is 5.46 Å². The number of pyridine rings is 1. The SMILES string of the molecule is CC1SC(c2ccc3ccc(B4OC(C)(C)C(C)(C)O4)cn23)=NC1=O. The van der Waals surface area contributed by atoms with Crippen molar-refractivity contribution >= 4 is 40.8 Å². The number of hydrogen-bond donors (Lipinski definition) is 0. The molecule has 130 valence electrons. The van der Waals surface area contributed by atoms with Crippen LogP contribution in [0.15, 0.2) is 35.5 Å². The number of aliphatic imine (C=N–C) groups is 1. The Hall–Kier alpha value is -1.57. The van der Waals surface area contributed by atoms with Crippen LogP contribution in [0.25, 0.3) is 5.52 Å². The van der Waals surface area contributed by atoms with Gasteiger partial charge in [-0.1, -0.05) is 17.8 Å². The maximum absolute atomic E-state index is 11.8. The van der Waals surface area contributed by atoms with Crippen LogP contribution in [0.5, 0.6) is 0 Å². The summed E-state index contributed by atoms with van der Waals surface area (Å²) >= 11 is 1.50. The van der Waals surface area contributed by atoms with E-state index >= 15 is 0 Å². The quantitative estimate of drug-likeness (QED) is 0.777. The van der Waals surface area contributed by atoms with Gasteiger partial charge in [0.1, 0.15) is 5.04 Å². The minimum atomic E-state index is -0.414. The van der Waals surface area contributed by atoms with Gasteiger partial charge < -0.3 is 13.7 Å². The van der Waals surface area contributed by atoms with Crippen molar-refractivity contribution in [2.24, 2.45) is 4.99 Å². The van der Waals surface area contributed by atoms with Crippen molar-refractivity contribution < 1.29 is 14.1 Å². The number of fused-ring (bicyclic) bond motifs is 1. The van der Waals surface area contributed by atoms with Gasteiger partial charge >= 0.3 is 7.12 Å². The smallest absolute Gasteiger partial charge is 0.399 e. The van der Waals surface area contributed by atoms with Crippen LogP contribution in [-0.2, 0) is 14.1 Å². The molecule has 4 heterocycles. The summed E-state index contributed by atoms with van der Waals surface area (Å²) in [6, 6.07) is 8.09. The largest absolute Gasteiger partial charge is 0.496 e. The standard InChI is InChI=1S/C18H21BN2O3S/c1-11-15(22)20-16(25-11)14-9-8-13-7-6-12(10-21(13)14)19-23-17(2,3)18(4,5)24-19/h6-11H,1-5H3. The Morgan fingerprint density at radius 1 is 1.12 bits per heavy atom. The lowest BCUT2D eigenvalue weighted by atomic mass is 9.80. The Labute approximate surface area is 151 Å². The number of aromatic nitrogens is 1. The summed E-state index contributed by atoms with van der Waals surface area (Å²) in [5.41, 5.74) is 2.17. The molecule has 2 aliphatic heterocycles. The summed E-state index contributed by atoms with van der Waals surface area (Å²) in [5, 5.41) is 0.649. The molecule has 0 radical (unpaired) electrons. The highest BCUT2D eigenvalue weighted by Gasteiger charge is 2.51. The van der Waals surface area contributed by atoms with Gasteiger partial charge in [-0.15, -0.1) is 0 Å². The van der Waals surface area contributed by atoms with Gasteiger partial charge in [-0.3, -0.25) is 4.79 Å². The number of carbonyl (C=O) groups excluding carboxylic acids is 1. The fraction of sp³-hybridized carbons (Fsp3) is 0.444. The molecule has 1 fully saturated rings. The van der Waals surface area contributed by atoms with Crippen molar-refractivity contribution in [3.05, 3.63) is 36.2 Å². The van der Waals surface area contributed by atoms with E-state index in [4.69, 9.17) is 9.31 Å². The van der Waals surface area contributed by atoms with Gasteiger partial charge in [0, 0.05) is 11.7 Å². The molecule has 4 rings (SSSR count). The molecule has 1 atom stereocenters. The highest BCUT2D eigenvalue weighted by Crippen LogP contribution is 2.36. The van der Waals surface area contributed by atoms with E-state index in [-0.39, 0.29) is 22.4 Å². The second kappa shape index (κ2) is 5.46. The molecule has 0 N–H and O–H groups in total. The number of carbonyl (C=O) groups is 1. The maximum atomic E-state index is 11.8. The lowest BCUT2D eigenvalue weighted by molar-refractivity contribution is -0.116. The predicted molar refractivity (Wildman–Crippen MR) is 102 cm³/mol. The first-order chi connectivity index (χ1) is 11.7. The monoisotopic (exact) mass is 356 g/mol. The Kier molecular flexibility index (Phi) is 3.69. The molecule has 2 aliphatic rings. The summed E-state index contributed by atoms with van der Waals surface area (Å²) in [5.74, 6) is -0.0722. The molecule has 0 aromatic carbocycles. The van der Waals surface area contributed by atoms with Gasteiger partial charge in [-0.05, 0) is 58.3 Å². The Balaban J connectivity index is 1.73. The molecule has 25 heavy (non-hydrogen) atoms. The van der Waals surface area contributed by atoms with Gasteiger partial charge in [-0.25, -0.2) is 4.99 Å². The zero-order valence-electron chi connectivity index (χ0n) is 15.1. The van der Waals surface area contributed by atoms with Gasteiger partial charge in [0.25, 0.3) is 5.91 Å². The molecule has 1 unspecified atom stereocenters. The predicted octanol–water partition coefficient (Wildman–Crippen LogP) is 2.65. The third kappa shape index (κ3) is 2.65. The zero-order valence-corrected chi connectivity index (χ0v) is 15.9. The van der Waals surface area contributed by atoms with E-state index in [0.717, 1.165) is 21.7 Å². The molecule has 2 aromatic heterocycles. The first-order valence-electron chi connectivity index (χ1n) is 8.44. The summed E-state index contributed by atoms with van der Waals surface area (Å²) in [4.78, 5) is 16.0. The minimum Gasteiger partial charge on any atom is -0.399 e. The van der Waals surface area contributed by atoms with Crippen LogP contribution in [0.3, 0.4) is 0 Å². The molecule has 0 spiro atoms. The van der Waals surface area contributed by atoms with Crippen LogP contribution in [0.4, 0.5) is 0 Å². The van der Waals surface area contributed by atoms with Crippen LogP contribution >= 0.6 is 11.8 Å². The number of thioether (sulfide) groups is 1. The number of rotatable bonds is 2. The summed E-state index contributed by atoms with van der Waals surface area (Å²) < 4.78 is 14.4. The normalized spacial score (nSPS) is 25.0. The lowest BCUT2D eigenvalue weighted by Crippen LogP contribution is -2.41. The Morgan fingerprint density at radius 2 is 1.76 bits per heavy atom. The first-order valence-corrected chi connectivity index (χ1v) is 9.32. The second-order valence-corrected chi connectivity index (χ2v) is 8.91. The second-order valence-electron chi connectivity index (χ2n) is 7.58. The number of nitrogens with zero attached hydrogens (tertiary/aromatic N) is 2. The van der Waals surface area contributed by atoms with Crippen molar-refractivity contribution in [2.75, 3.05) is 0 Å². The average Bonchev–Trinajstić information content (AvgIpc) is 3.14. The van der Waals surface area contributed by atoms with Crippen LogP contribution in [-0.4, -0.2) is 38.9 Å². The lowest BCUT2D eigenvalue weighted by Gasteiger charge is -2.32. The molecule has 0 aliphatic carbocycles. The first kappa shape index (κ1) is 16.9. The third-order valence-electron chi connectivity index (χ3n) is 5.27. The third-order valence-corrected chi connectivity index (χ3v) is 6.35. The Bertz CT molecular complexity index is 887. The van der Waals surface area contributed by atoms with E-state index in [1.165, 1.54) is 11.8 Å². The van der Waals surface area contributed by atoms with E-state index in [2.05, 4.69) is 9.39 Å². The summed E-state index contributed by atoms with van der Waals surface area (Å²) in [7, 11) is -0.414. The maximum Gasteiger partial charge on any atom is 0.496 e. The summed E-state index contributed by atoms with van der Waals surface area (Å²) in [6.45, 7) is 10.1. The molecular weight excluding hydrogens is 335 g/mol. The minimum absolute atomic E-state index is 0.0722. The molecule has 5 nitrogen and oxygen atoms in total. The van der Waals surface area contributed by atoms with Crippen LogP contribution in [0, 0.1) is 0 Å². The number of amides is 1. The van der Waals surface area contributed by atoms with Crippen LogP contribution in [0.2, 0.25) is 0 Å². The van der Waals surface area contributed by atoms with E-state index in [9.17, 15) is 4.79 Å². The van der Waals surface area contributed by atoms with Gasteiger partial charge in [0.15, 0.2) is 0 Å². The summed E-state index contributed by atoms with van der Waals surface area (Å²) in [6.07, 6.45) is 2.02. The number of hydrogen-bond acceptors (Lipinski definition) is 4. The van der Waals surface area contributed by atoms with Gasteiger partial charge in [-0.2, -0.15) is 0 Å². The molecule has 7 heteroatoms. The average molecular weight is 356 g/mol. The molecule has 2 aromatic rings. The molecular formula is C18H21BN2O3S. The topological polar surface area (TPSA) is 52.3 Å². The van der Waals surface area contributed by atoms with E-state index < -0.39 is 7.12 Å². The van der Waals surface area contributed by atoms with E-state index in [1.807, 2.05) is 65.1 Å². The zero-order chi connectivity index (χ0) is 18.0. The fourth-order valence-corrected chi connectivity index (χ4v) is 3.88. The Morgan fingerprint density at radius 3 is 2.36 bits per heavy atom. The van der Waals surface area contributed by atoms with Gasteiger partial charge in [0.2, 0.25) is 0 Å². The van der Waals surface area contributed by atoms with Crippen molar-refractivity contribution in [1.29, 1.82) is 0 Å². The van der Waals surface area contributed by atoms with Crippen molar-refractivity contribution in [2.45, 2.75) is 51.1 Å². The van der Waals surface area contributed by atoms with Crippen LogP contribution in [0.1, 0.15) is 40.3 Å². The highest BCUT2D eigenvalue weighted by atomic mass is 32.2. The van der Waals surface area contributed by atoms with E-state index in [0.29, 0.717) is 0 Å². The van der Waals surface area contributed by atoms with Crippen molar-refractivity contribution in [3.63, 3.8) is 0 Å². The molecule has 1 saturated heterocycles. The highest BCUT2D eigenvalue weighted by molar-refractivity contribution is 8.16.